The molecule has 1 aromatic carbocycles. The molecule has 0 spiro atoms. The Balaban J connectivity index is 2.50. The number of rotatable bonds is 5. The molecule has 0 fully saturated rings. The minimum atomic E-state index is -0.302. The van der Waals surface area contributed by atoms with Crippen LogP contribution in [0.15, 0.2) is 22.7 Å². The molecule has 0 radical (unpaired) electrons. The maximum Gasteiger partial charge on any atom is 0.307 e. The zero-order chi connectivity index (χ0) is 13.5. The first kappa shape index (κ1) is 14.7. The number of ether oxygens (including phenoxy) is 1. The molecule has 0 aliphatic rings. The van der Waals surface area contributed by atoms with E-state index < -0.39 is 0 Å². The van der Waals surface area contributed by atoms with Crippen LogP contribution in [0.5, 0.6) is 0 Å². The number of nitrogens with one attached hydrogen (secondary N) is 1. The first-order valence-corrected chi connectivity index (χ1v) is 6.54. The van der Waals surface area contributed by atoms with Crippen molar-refractivity contribution >= 4 is 27.8 Å². The Labute approximate surface area is 115 Å². The highest BCUT2D eigenvalue weighted by Gasteiger charge is 2.10. The SMILES string of the molecule is CCOC(=O)CCNC(=O)c1cc(Br)ccc1C. The van der Waals surface area contributed by atoms with Gasteiger partial charge in [0.05, 0.1) is 13.0 Å². The van der Waals surface area contributed by atoms with E-state index in [4.69, 9.17) is 4.74 Å². The molecule has 0 saturated carbocycles. The maximum absolute atomic E-state index is 11.9. The Morgan fingerprint density at radius 2 is 2.11 bits per heavy atom. The molecule has 1 N–H and O–H groups in total. The van der Waals surface area contributed by atoms with Gasteiger partial charge in [0, 0.05) is 16.6 Å². The summed E-state index contributed by atoms with van der Waals surface area (Å²) in [6.45, 7) is 4.26. The van der Waals surface area contributed by atoms with Gasteiger partial charge in [0.1, 0.15) is 0 Å². The largest absolute Gasteiger partial charge is 0.466 e. The van der Waals surface area contributed by atoms with Gasteiger partial charge in [0.2, 0.25) is 0 Å². The van der Waals surface area contributed by atoms with Crippen molar-refractivity contribution in [2.45, 2.75) is 20.3 Å². The number of amides is 1. The van der Waals surface area contributed by atoms with Crippen molar-refractivity contribution in [3.05, 3.63) is 33.8 Å². The van der Waals surface area contributed by atoms with Crippen molar-refractivity contribution < 1.29 is 14.3 Å². The Hall–Kier alpha value is -1.36. The van der Waals surface area contributed by atoms with Crippen LogP contribution in [0.2, 0.25) is 0 Å². The molecule has 18 heavy (non-hydrogen) atoms. The second-order valence-corrected chi connectivity index (χ2v) is 4.69. The Morgan fingerprint density at radius 1 is 1.39 bits per heavy atom. The van der Waals surface area contributed by atoms with E-state index in [9.17, 15) is 9.59 Å². The highest BCUT2D eigenvalue weighted by atomic mass is 79.9. The first-order chi connectivity index (χ1) is 8.54. The zero-order valence-corrected chi connectivity index (χ0v) is 12.0. The van der Waals surface area contributed by atoms with Crippen LogP contribution in [0.1, 0.15) is 29.3 Å². The standard InChI is InChI=1S/C13H16BrNO3/c1-3-18-12(16)6-7-15-13(17)11-8-10(14)5-4-9(11)2/h4-5,8H,3,6-7H2,1-2H3,(H,15,17). The van der Waals surface area contributed by atoms with E-state index in [0.29, 0.717) is 12.2 Å². The highest BCUT2D eigenvalue weighted by Crippen LogP contribution is 2.15. The number of hydrogen-bond donors (Lipinski definition) is 1. The van der Waals surface area contributed by atoms with Crippen LogP contribution in [-0.2, 0) is 9.53 Å². The summed E-state index contributed by atoms with van der Waals surface area (Å²) < 4.78 is 5.63. The topological polar surface area (TPSA) is 55.4 Å². The van der Waals surface area contributed by atoms with Gasteiger partial charge in [-0.1, -0.05) is 22.0 Å². The minimum Gasteiger partial charge on any atom is -0.466 e. The number of carbonyl (C=O) groups is 2. The zero-order valence-electron chi connectivity index (χ0n) is 10.5. The molecule has 4 nitrogen and oxygen atoms in total. The van der Waals surface area contributed by atoms with E-state index in [1.165, 1.54) is 0 Å². The van der Waals surface area contributed by atoms with E-state index >= 15 is 0 Å². The fraction of sp³-hybridized carbons (Fsp3) is 0.385. The van der Waals surface area contributed by atoms with Crippen LogP contribution in [-0.4, -0.2) is 25.0 Å². The molecule has 1 amide bonds. The van der Waals surface area contributed by atoms with Gasteiger partial charge in [-0.15, -0.1) is 0 Å². The summed E-state index contributed by atoms with van der Waals surface area (Å²) in [4.78, 5) is 23.0. The van der Waals surface area contributed by atoms with Crippen LogP contribution >= 0.6 is 15.9 Å². The molecule has 0 aromatic heterocycles. The summed E-state index contributed by atoms with van der Waals surface area (Å²) in [6.07, 6.45) is 0.187. The van der Waals surface area contributed by atoms with Crippen molar-refractivity contribution in [1.29, 1.82) is 0 Å². The average Bonchev–Trinajstić information content (AvgIpc) is 2.32. The predicted octanol–water partition coefficient (Wildman–Crippen LogP) is 2.44. The van der Waals surface area contributed by atoms with Crippen LogP contribution < -0.4 is 5.32 Å². The maximum atomic E-state index is 11.9. The molecule has 0 saturated heterocycles. The summed E-state index contributed by atoms with van der Waals surface area (Å²) in [7, 11) is 0. The van der Waals surface area contributed by atoms with Crippen molar-refractivity contribution in [1.82, 2.24) is 5.32 Å². The number of benzene rings is 1. The van der Waals surface area contributed by atoms with Crippen molar-refractivity contribution in [2.24, 2.45) is 0 Å². The minimum absolute atomic E-state index is 0.182. The number of aryl methyl sites for hydroxylation is 1. The van der Waals surface area contributed by atoms with Crippen LogP contribution in [0.3, 0.4) is 0 Å². The van der Waals surface area contributed by atoms with Crippen molar-refractivity contribution in [2.75, 3.05) is 13.2 Å². The fourth-order valence-corrected chi connectivity index (χ4v) is 1.81. The third kappa shape index (κ3) is 4.49. The summed E-state index contributed by atoms with van der Waals surface area (Å²) in [6, 6.07) is 5.50. The van der Waals surface area contributed by atoms with Gasteiger partial charge in [-0.05, 0) is 31.5 Å². The van der Waals surface area contributed by atoms with Crippen LogP contribution in [0, 0.1) is 6.92 Å². The lowest BCUT2D eigenvalue weighted by Gasteiger charge is -2.08. The molecule has 0 bridgehead atoms. The second kappa shape index (κ2) is 7.16. The number of carbonyl (C=O) groups excluding carboxylic acids is 2. The molecule has 1 rings (SSSR count). The van der Waals surface area contributed by atoms with Gasteiger partial charge >= 0.3 is 5.97 Å². The van der Waals surface area contributed by atoms with E-state index in [0.717, 1.165) is 10.0 Å². The molecular weight excluding hydrogens is 298 g/mol. The summed E-state index contributed by atoms with van der Waals surface area (Å²) in [5.74, 6) is -0.484. The quantitative estimate of drug-likeness (QED) is 0.849. The van der Waals surface area contributed by atoms with Crippen molar-refractivity contribution in [3.8, 4) is 0 Å². The molecular formula is C13H16BrNO3. The third-order valence-electron chi connectivity index (χ3n) is 2.36. The van der Waals surface area contributed by atoms with Crippen LogP contribution in [0.25, 0.3) is 0 Å². The van der Waals surface area contributed by atoms with Gasteiger partial charge in [-0.2, -0.15) is 0 Å². The lowest BCUT2D eigenvalue weighted by molar-refractivity contribution is -0.142. The smallest absolute Gasteiger partial charge is 0.307 e. The first-order valence-electron chi connectivity index (χ1n) is 5.74. The lowest BCUT2D eigenvalue weighted by Crippen LogP contribution is -2.27. The summed E-state index contributed by atoms with van der Waals surface area (Å²) >= 11 is 3.32. The average molecular weight is 314 g/mol. The van der Waals surface area contributed by atoms with E-state index in [2.05, 4.69) is 21.2 Å². The Bertz CT molecular complexity index is 446. The monoisotopic (exact) mass is 313 g/mol. The molecule has 0 heterocycles. The van der Waals surface area contributed by atoms with E-state index in [1.54, 1.807) is 13.0 Å². The molecule has 1 aromatic rings. The van der Waals surface area contributed by atoms with Gasteiger partial charge in [0.15, 0.2) is 0 Å². The molecule has 0 atom stereocenters. The van der Waals surface area contributed by atoms with Gasteiger partial charge in [-0.25, -0.2) is 0 Å². The normalized spacial score (nSPS) is 9.94. The number of hydrogen-bond acceptors (Lipinski definition) is 3. The van der Waals surface area contributed by atoms with Gasteiger partial charge in [-0.3, -0.25) is 9.59 Å². The van der Waals surface area contributed by atoms with Gasteiger partial charge in [0.25, 0.3) is 5.91 Å². The lowest BCUT2D eigenvalue weighted by atomic mass is 10.1. The molecule has 0 aliphatic carbocycles. The van der Waals surface area contributed by atoms with E-state index in [-0.39, 0.29) is 24.8 Å². The molecule has 5 heteroatoms. The van der Waals surface area contributed by atoms with E-state index in [1.807, 2.05) is 19.1 Å². The fourth-order valence-electron chi connectivity index (χ4n) is 1.45. The number of esters is 1. The second-order valence-electron chi connectivity index (χ2n) is 3.77. The highest BCUT2D eigenvalue weighted by molar-refractivity contribution is 9.10. The van der Waals surface area contributed by atoms with Gasteiger partial charge < -0.3 is 10.1 Å². The predicted molar refractivity (Wildman–Crippen MR) is 72.5 cm³/mol. The van der Waals surface area contributed by atoms with Crippen LogP contribution in [0.4, 0.5) is 0 Å². The molecule has 0 aliphatic heterocycles. The van der Waals surface area contributed by atoms with Crippen molar-refractivity contribution in [3.63, 3.8) is 0 Å². The summed E-state index contributed by atoms with van der Waals surface area (Å²) in [5.41, 5.74) is 1.50. The number of halogens is 1. The Kier molecular flexibility index (Phi) is 5.85. The summed E-state index contributed by atoms with van der Waals surface area (Å²) in [5, 5.41) is 2.70. The third-order valence-corrected chi connectivity index (χ3v) is 2.86. The Morgan fingerprint density at radius 3 is 2.78 bits per heavy atom. The molecule has 0 unspecified atom stereocenters. The molecule has 98 valence electrons.